The van der Waals surface area contributed by atoms with Gasteiger partial charge < -0.3 is 5.11 Å². The minimum absolute atomic E-state index is 0.0633. The molecule has 2 saturated carbocycles. The Balaban J connectivity index is 1.91. The molecule has 0 radical (unpaired) electrons. The molecule has 3 unspecified atom stereocenters. The lowest BCUT2D eigenvalue weighted by Gasteiger charge is -2.20. The zero-order chi connectivity index (χ0) is 13.6. The predicted molar refractivity (Wildman–Crippen MR) is 68.0 cm³/mol. The fraction of sp³-hybridized carbons (Fsp3) is 0.500. The third-order valence-corrected chi connectivity index (χ3v) is 4.53. The Morgan fingerprint density at radius 1 is 1.32 bits per heavy atom. The van der Waals surface area contributed by atoms with Crippen molar-refractivity contribution in [3.05, 3.63) is 33.9 Å². The van der Waals surface area contributed by atoms with Crippen LogP contribution in [0.25, 0.3) is 0 Å². The molecule has 0 aromatic heterocycles. The van der Waals surface area contributed by atoms with Gasteiger partial charge in [0.25, 0.3) is 5.69 Å². The summed E-state index contributed by atoms with van der Waals surface area (Å²) in [5.41, 5.74) is -0.0453. The van der Waals surface area contributed by atoms with E-state index in [4.69, 9.17) is 0 Å². The number of hydrogen-bond acceptors (Lipinski definition) is 4. The van der Waals surface area contributed by atoms with E-state index in [1.54, 1.807) is 0 Å². The van der Waals surface area contributed by atoms with Crippen molar-refractivity contribution in [1.29, 1.82) is 0 Å². The molecule has 3 rings (SSSR count). The van der Waals surface area contributed by atoms with Crippen LogP contribution in [0.5, 0.6) is 5.75 Å². The van der Waals surface area contributed by atoms with Crippen LogP contribution in [0.2, 0.25) is 0 Å². The lowest BCUT2D eigenvalue weighted by atomic mass is 9.83. The number of phenolic OH excluding ortho intramolecular Hbond substituents is 1. The van der Waals surface area contributed by atoms with Crippen molar-refractivity contribution in [2.24, 2.45) is 17.8 Å². The van der Waals surface area contributed by atoms with E-state index in [0.29, 0.717) is 11.8 Å². The Morgan fingerprint density at radius 3 is 2.68 bits per heavy atom. The number of fused-ring (bicyclic) bond motifs is 2. The van der Waals surface area contributed by atoms with Gasteiger partial charge in [0.15, 0.2) is 5.78 Å². The van der Waals surface area contributed by atoms with Crippen LogP contribution >= 0.6 is 0 Å². The SMILES string of the molecule is O=C(c1cc([N+](=O)[O-])ccc1O)C1CC2CCC1C2. The Hall–Kier alpha value is -1.91. The summed E-state index contributed by atoms with van der Waals surface area (Å²) in [7, 11) is 0. The van der Waals surface area contributed by atoms with Gasteiger partial charge in [-0.25, -0.2) is 0 Å². The summed E-state index contributed by atoms with van der Waals surface area (Å²) in [6.45, 7) is 0. The first-order chi connectivity index (χ1) is 9.06. The second-order valence-corrected chi connectivity index (χ2v) is 5.60. The molecule has 0 spiro atoms. The van der Waals surface area contributed by atoms with Crippen molar-refractivity contribution in [2.45, 2.75) is 25.7 Å². The maximum atomic E-state index is 12.4. The van der Waals surface area contributed by atoms with Crippen LogP contribution in [0.1, 0.15) is 36.0 Å². The molecule has 2 fully saturated rings. The highest BCUT2D eigenvalue weighted by atomic mass is 16.6. The third kappa shape index (κ3) is 1.99. The number of benzene rings is 1. The van der Waals surface area contributed by atoms with Gasteiger partial charge in [0.1, 0.15) is 5.75 Å². The quantitative estimate of drug-likeness (QED) is 0.515. The van der Waals surface area contributed by atoms with Gasteiger partial charge in [0, 0.05) is 18.1 Å². The van der Waals surface area contributed by atoms with E-state index in [-0.39, 0.29) is 28.7 Å². The molecular formula is C14H15NO4. The highest BCUT2D eigenvalue weighted by Crippen LogP contribution is 2.49. The Morgan fingerprint density at radius 2 is 2.11 bits per heavy atom. The number of nitro benzene ring substituents is 1. The molecule has 0 amide bonds. The molecule has 5 nitrogen and oxygen atoms in total. The van der Waals surface area contributed by atoms with Crippen LogP contribution in [0.3, 0.4) is 0 Å². The fourth-order valence-electron chi connectivity index (χ4n) is 3.60. The summed E-state index contributed by atoms with van der Waals surface area (Å²) in [6, 6.07) is 3.65. The average molecular weight is 261 g/mol. The van der Waals surface area contributed by atoms with E-state index in [1.807, 2.05) is 0 Å². The number of hydrogen-bond donors (Lipinski definition) is 1. The number of carbonyl (C=O) groups excluding carboxylic acids is 1. The number of ketones is 1. The molecular weight excluding hydrogens is 246 g/mol. The predicted octanol–water partition coefficient (Wildman–Crippen LogP) is 2.92. The lowest BCUT2D eigenvalue weighted by molar-refractivity contribution is -0.384. The second kappa shape index (κ2) is 4.33. The van der Waals surface area contributed by atoms with Crippen molar-refractivity contribution < 1.29 is 14.8 Å². The second-order valence-electron chi connectivity index (χ2n) is 5.60. The standard InChI is InChI=1S/C14H15NO4/c16-13-4-3-10(15(18)19)7-12(13)14(17)11-6-8-1-2-9(11)5-8/h3-4,7-9,11,16H,1-2,5-6H2. The summed E-state index contributed by atoms with van der Waals surface area (Å²) in [5.74, 6) is 0.675. The van der Waals surface area contributed by atoms with Gasteiger partial charge in [-0.15, -0.1) is 0 Å². The molecule has 19 heavy (non-hydrogen) atoms. The van der Waals surface area contributed by atoms with Crippen LogP contribution < -0.4 is 0 Å². The minimum Gasteiger partial charge on any atom is -0.507 e. The summed E-state index contributed by atoms with van der Waals surface area (Å²) >= 11 is 0. The molecule has 1 N–H and O–H groups in total. The van der Waals surface area contributed by atoms with Crippen molar-refractivity contribution >= 4 is 11.5 Å². The average Bonchev–Trinajstić information content (AvgIpc) is 3.00. The Bertz CT molecular complexity index is 554. The van der Waals surface area contributed by atoms with Gasteiger partial charge >= 0.3 is 0 Å². The first-order valence-corrected chi connectivity index (χ1v) is 6.58. The van der Waals surface area contributed by atoms with Crippen molar-refractivity contribution in [3.8, 4) is 5.75 Å². The zero-order valence-corrected chi connectivity index (χ0v) is 10.4. The molecule has 2 bridgehead atoms. The topological polar surface area (TPSA) is 80.4 Å². The number of carbonyl (C=O) groups is 1. The number of Topliss-reactive ketones (excluding diaryl/α,β-unsaturated/α-hetero) is 1. The van der Waals surface area contributed by atoms with E-state index in [2.05, 4.69) is 0 Å². The number of nitrogens with zero attached hydrogens (tertiary/aromatic N) is 1. The normalized spacial score (nSPS) is 28.5. The number of aromatic hydroxyl groups is 1. The van der Waals surface area contributed by atoms with Crippen LogP contribution in [-0.4, -0.2) is 15.8 Å². The highest BCUT2D eigenvalue weighted by Gasteiger charge is 2.43. The van der Waals surface area contributed by atoms with E-state index < -0.39 is 4.92 Å². The Labute approximate surface area is 110 Å². The van der Waals surface area contributed by atoms with Crippen LogP contribution in [0, 0.1) is 27.9 Å². The third-order valence-electron chi connectivity index (χ3n) is 4.53. The van der Waals surface area contributed by atoms with Gasteiger partial charge in [0.05, 0.1) is 10.5 Å². The molecule has 100 valence electrons. The first-order valence-electron chi connectivity index (χ1n) is 6.58. The number of nitro groups is 1. The smallest absolute Gasteiger partial charge is 0.270 e. The van der Waals surface area contributed by atoms with Crippen LogP contribution in [0.15, 0.2) is 18.2 Å². The number of rotatable bonds is 3. The van der Waals surface area contributed by atoms with Gasteiger partial charge in [-0.3, -0.25) is 14.9 Å². The van der Waals surface area contributed by atoms with Crippen molar-refractivity contribution in [1.82, 2.24) is 0 Å². The first kappa shape index (κ1) is 12.1. The molecule has 0 aliphatic heterocycles. The highest BCUT2D eigenvalue weighted by molar-refractivity contribution is 6.01. The molecule has 2 aliphatic rings. The van der Waals surface area contributed by atoms with Gasteiger partial charge in [-0.2, -0.15) is 0 Å². The molecule has 1 aromatic rings. The summed E-state index contributed by atoms with van der Waals surface area (Å²) in [4.78, 5) is 22.7. The molecule has 2 aliphatic carbocycles. The lowest BCUT2D eigenvalue weighted by Crippen LogP contribution is -2.21. The van der Waals surface area contributed by atoms with Crippen LogP contribution in [-0.2, 0) is 0 Å². The molecule has 0 heterocycles. The maximum absolute atomic E-state index is 12.4. The van der Waals surface area contributed by atoms with E-state index >= 15 is 0 Å². The molecule has 5 heteroatoms. The van der Waals surface area contributed by atoms with E-state index in [1.165, 1.54) is 24.6 Å². The number of non-ortho nitro benzene ring substituents is 1. The van der Waals surface area contributed by atoms with Crippen LogP contribution in [0.4, 0.5) is 5.69 Å². The van der Waals surface area contributed by atoms with E-state index in [9.17, 15) is 20.0 Å². The molecule has 3 atom stereocenters. The fourth-order valence-corrected chi connectivity index (χ4v) is 3.60. The Kier molecular flexibility index (Phi) is 2.77. The summed E-state index contributed by atoms with van der Waals surface area (Å²) in [5, 5.41) is 20.5. The molecule has 0 saturated heterocycles. The largest absolute Gasteiger partial charge is 0.507 e. The minimum atomic E-state index is -0.545. The van der Waals surface area contributed by atoms with Crippen molar-refractivity contribution in [2.75, 3.05) is 0 Å². The molecule has 1 aromatic carbocycles. The summed E-state index contributed by atoms with van der Waals surface area (Å²) in [6.07, 6.45) is 4.21. The van der Waals surface area contributed by atoms with E-state index in [0.717, 1.165) is 19.3 Å². The zero-order valence-electron chi connectivity index (χ0n) is 10.4. The summed E-state index contributed by atoms with van der Waals surface area (Å²) < 4.78 is 0. The van der Waals surface area contributed by atoms with Gasteiger partial charge in [0.2, 0.25) is 0 Å². The van der Waals surface area contributed by atoms with Crippen molar-refractivity contribution in [3.63, 3.8) is 0 Å². The van der Waals surface area contributed by atoms with Gasteiger partial charge in [-0.1, -0.05) is 6.42 Å². The number of phenols is 1. The van der Waals surface area contributed by atoms with Gasteiger partial charge in [-0.05, 0) is 37.2 Å². The maximum Gasteiger partial charge on any atom is 0.270 e. The monoisotopic (exact) mass is 261 g/mol.